The van der Waals surface area contributed by atoms with Gasteiger partial charge in [-0.05, 0) is 36.0 Å². The molecule has 2 aliphatic rings. The van der Waals surface area contributed by atoms with Gasteiger partial charge in [-0.2, -0.15) is 0 Å². The zero-order chi connectivity index (χ0) is 16.4. The Hall–Kier alpha value is -1.75. The lowest BCUT2D eigenvalue weighted by atomic mass is 9.77. The molecule has 5 heteroatoms. The average Bonchev–Trinajstić information content (AvgIpc) is 2.96. The first-order valence-corrected chi connectivity index (χ1v) is 8.39. The van der Waals surface area contributed by atoms with Crippen LogP contribution in [0.25, 0.3) is 0 Å². The molecule has 23 heavy (non-hydrogen) atoms. The van der Waals surface area contributed by atoms with Crippen LogP contribution in [0.5, 0.6) is 11.5 Å². The third-order valence-corrected chi connectivity index (χ3v) is 5.29. The molecule has 0 unspecified atom stereocenters. The molecule has 1 aliphatic carbocycles. The molecule has 1 fully saturated rings. The zero-order valence-corrected chi connectivity index (χ0v) is 13.8. The number of hydrogen-bond acceptors (Lipinski definition) is 4. The second-order valence-electron chi connectivity index (χ2n) is 6.82. The van der Waals surface area contributed by atoms with E-state index in [0.717, 1.165) is 23.5 Å². The van der Waals surface area contributed by atoms with Crippen molar-refractivity contribution in [2.24, 2.45) is 11.8 Å². The fourth-order valence-corrected chi connectivity index (χ4v) is 3.81. The molecule has 1 N–H and O–H groups in total. The van der Waals surface area contributed by atoms with Gasteiger partial charge in [0.25, 0.3) is 0 Å². The highest BCUT2D eigenvalue weighted by atomic mass is 16.7. The van der Waals surface area contributed by atoms with Crippen molar-refractivity contribution in [1.82, 2.24) is 4.90 Å². The van der Waals surface area contributed by atoms with Gasteiger partial charge in [0.05, 0.1) is 6.54 Å². The maximum absolute atomic E-state index is 11.3. The quantitative estimate of drug-likeness (QED) is 0.903. The highest BCUT2D eigenvalue weighted by Crippen LogP contribution is 2.35. The first-order chi connectivity index (χ1) is 11.0. The number of aliphatic carboxylic acids is 1. The number of benzene rings is 1. The molecule has 1 saturated carbocycles. The molecule has 1 heterocycles. The molecule has 1 aliphatic heterocycles. The molecule has 3 rings (SSSR count). The van der Waals surface area contributed by atoms with E-state index >= 15 is 0 Å². The number of carbonyl (C=O) groups is 1. The number of hydrogen-bond donors (Lipinski definition) is 1. The molecule has 0 spiro atoms. The van der Waals surface area contributed by atoms with Crippen LogP contribution in [0.2, 0.25) is 0 Å². The smallest absolute Gasteiger partial charge is 0.317 e. The van der Waals surface area contributed by atoms with Gasteiger partial charge in [-0.1, -0.05) is 32.8 Å². The molecule has 1 aromatic carbocycles. The Morgan fingerprint density at radius 1 is 1.26 bits per heavy atom. The summed E-state index contributed by atoms with van der Waals surface area (Å²) >= 11 is 0. The SMILES string of the molecule is C[C@H]1[C@H](C)CCC[C@H]1N(CC(=O)O)Cc1ccc2c(c1)OCO2. The summed E-state index contributed by atoms with van der Waals surface area (Å²) in [5.74, 6) is 1.90. The molecule has 0 radical (unpaired) electrons. The standard InChI is InChI=1S/C18H25NO4/c1-12-4-3-5-15(13(12)2)19(10-18(20)21)9-14-6-7-16-17(8-14)23-11-22-16/h6-8,12-13,15H,3-5,9-11H2,1-2H3,(H,20,21)/t12-,13+,15-/m1/s1. The van der Waals surface area contributed by atoms with E-state index < -0.39 is 5.97 Å². The Morgan fingerprint density at radius 2 is 2.04 bits per heavy atom. The van der Waals surface area contributed by atoms with Crippen LogP contribution in [0, 0.1) is 11.8 Å². The zero-order valence-electron chi connectivity index (χ0n) is 13.8. The lowest BCUT2D eigenvalue weighted by molar-refractivity contribution is -0.139. The van der Waals surface area contributed by atoms with Crippen LogP contribution in [0.3, 0.4) is 0 Å². The van der Waals surface area contributed by atoms with Gasteiger partial charge in [0.1, 0.15) is 0 Å². The van der Waals surface area contributed by atoms with E-state index in [2.05, 4.69) is 18.7 Å². The Labute approximate surface area is 137 Å². The Kier molecular flexibility index (Phi) is 4.76. The lowest BCUT2D eigenvalue weighted by Gasteiger charge is -2.41. The minimum Gasteiger partial charge on any atom is -0.480 e. The van der Waals surface area contributed by atoms with Gasteiger partial charge in [0, 0.05) is 12.6 Å². The number of carboxylic acids is 1. The maximum atomic E-state index is 11.3. The fraction of sp³-hybridized carbons (Fsp3) is 0.611. The van der Waals surface area contributed by atoms with Crippen LogP contribution in [0.1, 0.15) is 38.7 Å². The van der Waals surface area contributed by atoms with Crippen LogP contribution in [0.15, 0.2) is 18.2 Å². The Balaban J connectivity index is 1.77. The van der Waals surface area contributed by atoms with Crippen LogP contribution in [-0.4, -0.2) is 35.4 Å². The van der Waals surface area contributed by atoms with Crippen LogP contribution in [-0.2, 0) is 11.3 Å². The third-order valence-electron chi connectivity index (χ3n) is 5.29. The average molecular weight is 319 g/mol. The summed E-state index contributed by atoms with van der Waals surface area (Å²) in [5.41, 5.74) is 1.07. The second-order valence-corrected chi connectivity index (χ2v) is 6.82. The molecule has 1 aromatic rings. The largest absolute Gasteiger partial charge is 0.480 e. The van der Waals surface area contributed by atoms with Crippen molar-refractivity contribution in [3.05, 3.63) is 23.8 Å². The molecule has 0 saturated heterocycles. The van der Waals surface area contributed by atoms with E-state index in [9.17, 15) is 9.90 Å². The second kappa shape index (κ2) is 6.79. The summed E-state index contributed by atoms with van der Waals surface area (Å²) in [4.78, 5) is 13.4. The van der Waals surface area contributed by atoms with Crippen molar-refractivity contribution < 1.29 is 19.4 Å². The fourth-order valence-electron chi connectivity index (χ4n) is 3.81. The third kappa shape index (κ3) is 3.61. The molecule has 5 nitrogen and oxygen atoms in total. The first kappa shape index (κ1) is 16.1. The number of rotatable bonds is 5. The number of nitrogens with zero attached hydrogens (tertiary/aromatic N) is 1. The molecule has 3 atom stereocenters. The summed E-state index contributed by atoms with van der Waals surface area (Å²) in [7, 11) is 0. The summed E-state index contributed by atoms with van der Waals surface area (Å²) in [6.45, 7) is 5.50. The van der Waals surface area contributed by atoms with E-state index in [1.807, 2.05) is 18.2 Å². The molecule has 0 bridgehead atoms. The number of ether oxygens (including phenoxy) is 2. The predicted molar refractivity (Wildman–Crippen MR) is 86.6 cm³/mol. The Morgan fingerprint density at radius 3 is 2.83 bits per heavy atom. The van der Waals surface area contributed by atoms with E-state index in [-0.39, 0.29) is 13.3 Å². The molecular formula is C18H25NO4. The van der Waals surface area contributed by atoms with Crippen molar-refractivity contribution in [3.63, 3.8) is 0 Å². The van der Waals surface area contributed by atoms with Gasteiger partial charge in [0.15, 0.2) is 11.5 Å². The first-order valence-electron chi connectivity index (χ1n) is 8.39. The van der Waals surface area contributed by atoms with Crippen molar-refractivity contribution in [1.29, 1.82) is 0 Å². The van der Waals surface area contributed by atoms with Crippen molar-refractivity contribution in [2.75, 3.05) is 13.3 Å². The van der Waals surface area contributed by atoms with Gasteiger partial charge < -0.3 is 14.6 Å². The summed E-state index contributed by atoms with van der Waals surface area (Å²) in [6.07, 6.45) is 3.49. The summed E-state index contributed by atoms with van der Waals surface area (Å²) in [5, 5.41) is 9.31. The number of fused-ring (bicyclic) bond motifs is 1. The minimum absolute atomic E-state index is 0.0795. The highest BCUT2D eigenvalue weighted by Gasteiger charge is 2.32. The molecule has 0 aromatic heterocycles. The van der Waals surface area contributed by atoms with E-state index in [1.54, 1.807) is 0 Å². The van der Waals surface area contributed by atoms with Crippen LogP contribution in [0.4, 0.5) is 0 Å². The normalized spacial score (nSPS) is 26.5. The van der Waals surface area contributed by atoms with Gasteiger partial charge >= 0.3 is 5.97 Å². The monoisotopic (exact) mass is 319 g/mol. The van der Waals surface area contributed by atoms with Crippen molar-refractivity contribution >= 4 is 5.97 Å². The topological polar surface area (TPSA) is 59.0 Å². The van der Waals surface area contributed by atoms with Crippen LogP contribution < -0.4 is 9.47 Å². The minimum atomic E-state index is -0.767. The van der Waals surface area contributed by atoms with E-state index in [4.69, 9.17) is 9.47 Å². The highest BCUT2D eigenvalue weighted by molar-refractivity contribution is 5.69. The van der Waals surface area contributed by atoms with Gasteiger partial charge in [0.2, 0.25) is 6.79 Å². The Bertz CT molecular complexity index is 574. The van der Waals surface area contributed by atoms with Crippen LogP contribution >= 0.6 is 0 Å². The van der Waals surface area contributed by atoms with Gasteiger partial charge in [-0.3, -0.25) is 9.69 Å². The van der Waals surface area contributed by atoms with E-state index in [0.29, 0.717) is 24.4 Å². The predicted octanol–water partition coefficient (Wildman–Crippen LogP) is 3.13. The van der Waals surface area contributed by atoms with Gasteiger partial charge in [-0.15, -0.1) is 0 Å². The summed E-state index contributed by atoms with van der Waals surface area (Å²) < 4.78 is 10.8. The molecular weight excluding hydrogens is 294 g/mol. The maximum Gasteiger partial charge on any atom is 0.317 e. The summed E-state index contributed by atoms with van der Waals surface area (Å²) in [6, 6.07) is 6.19. The van der Waals surface area contributed by atoms with Crippen molar-refractivity contribution in [2.45, 2.75) is 45.7 Å². The molecule has 126 valence electrons. The van der Waals surface area contributed by atoms with Crippen molar-refractivity contribution in [3.8, 4) is 11.5 Å². The number of carboxylic acid groups (broad SMARTS) is 1. The van der Waals surface area contributed by atoms with E-state index in [1.165, 1.54) is 12.8 Å². The van der Waals surface area contributed by atoms with Gasteiger partial charge in [-0.25, -0.2) is 0 Å². The molecule has 0 amide bonds. The lowest BCUT2D eigenvalue weighted by Crippen LogP contribution is -2.45.